The third-order valence-electron chi connectivity index (χ3n) is 7.12. The standard InChI is InChI=1S/C28H33N3O6/c1-18(8-6-12-25(34)30-15-7-11-22(30)17-32)28(37)23-16-20(29-26(35)19(2)33)13-14-24(23)31(27(28)36)21-9-4-3-5-10-21/h3-6,8-10,13-14,16,18-19,22,32-33,37H,7,11-12,15,17H2,1-2H3,(H,29,35)/b8-6+/t18-,19-,22-,28+/m0/s1. The molecule has 2 aliphatic rings. The van der Waals surface area contributed by atoms with Crippen LogP contribution in [0.15, 0.2) is 60.7 Å². The Labute approximate surface area is 216 Å². The average Bonchev–Trinajstić information content (AvgIpc) is 3.46. The van der Waals surface area contributed by atoms with Gasteiger partial charge in [-0.3, -0.25) is 19.3 Å². The van der Waals surface area contributed by atoms with Gasteiger partial charge in [0.1, 0.15) is 6.10 Å². The van der Waals surface area contributed by atoms with Crippen LogP contribution in [0.3, 0.4) is 0 Å². The number of fused-ring (bicyclic) bond motifs is 1. The average molecular weight is 508 g/mol. The number of nitrogens with zero attached hydrogens (tertiary/aromatic N) is 2. The number of aliphatic hydroxyl groups is 3. The number of nitrogens with one attached hydrogen (secondary N) is 1. The van der Waals surface area contributed by atoms with Crippen LogP contribution in [0.4, 0.5) is 17.1 Å². The van der Waals surface area contributed by atoms with E-state index in [1.54, 1.807) is 66.4 Å². The Balaban J connectivity index is 1.64. The maximum Gasteiger partial charge on any atom is 0.268 e. The van der Waals surface area contributed by atoms with Crippen LogP contribution in [0.25, 0.3) is 0 Å². The fourth-order valence-electron chi connectivity index (χ4n) is 5.01. The fraction of sp³-hybridized carbons (Fsp3) is 0.393. The molecule has 0 spiro atoms. The molecule has 2 aromatic carbocycles. The zero-order valence-electron chi connectivity index (χ0n) is 21.0. The van der Waals surface area contributed by atoms with Crippen molar-refractivity contribution < 1.29 is 29.7 Å². The number of para-hydroxylation sites is 1. The Bertz CT molecular complexity index is 1200. The highest BCUT2D eigenvalue weighted by Gasteiger charge is 2.53. The molecule has 37 heavy (non-hydrogen) atoms. The highest BCUT2D eigenvalue weighted by atomic mass is 16.3. The number of hydrogen-bond acceptors (Lipinski definition) is 6. The molecule has 0 radical (unpaired) electrons. The van der Waals surface area contributed by atoms with Crippen molar-refractivity contribution in [2.24, 2.45) is 5.92 Å². The van der Waals surface area contributed by atoms with Gasteiger partial charge in [0.25, 0.3) is 11.8 Å². The lowest BCUT2D eigenvalue weighted by molar-refractivity contribution is -0.138. The van der Waals surface area contributed by atoms with Crippen molar-refractivity contribution in [2.45, 2.75) is 50.9 Å². The third-order valence-corrected chi connectivity index (χ3v) is 7.12. The van der Waals surface area contributed by atoms with Crippen LogP contribution in [-0.2, 0) is 20.0 Å². The molecule has 2 aromatic rings. The van der Waals surface area contributed by atoms with E-state index in [-0.39, 0.29) is 25.0 Å². The normalized spacial score (nSPS) is 22.8. The summed E-state index contributed by atoms with van der Waals surface area (Å²) in [6, 6.07) is 13.6. The van der Waals surface area contributed by atoms with Crippen LogP contribution < -0.4 is 10.2 Å². The van der Waals surface area contributed by atoms with Gasteiger partial charge in [-0.05, 0) is 50.1 Å². The second kappa shape index (κ2) is 10.8. The van der Waals surface area contributed by atoms with E-state index in [4.69, 9.17) is 0 Å². The first-order valence-corrected chi connectivity index (χ1v) is 12.5. The van der Waals surface area contributed by atoms with E-state index in [0.717, 1.165) is 12.8 Å². The van der Waals surface area contributed by atoms with Crippen LogP contribution in [0, 0.1) is 5.92 Å². The Morgan fingerprint density at radius 1 is 1.19 bits per heavy atom. The van der Waals surface area contributed by atoms with E-state index >= 15 is 0 Å². The van der Waals surface area contributed by atoms with Crippen molar-refractivity contribution in [3.63, 3.8) is 0 Å². The number of amides is 3. The van der Waals surface area contributed by atoms with E-state index in [0.29, 0.717) is 29.2 Å². The topological polar surface area (TPSA) is 130 Å². The number of anilines is 3. The van der Waals surface area contributed by atoms with Crippen molar-refractivity contribution in [3.05, 3.63) is 66.2 Å². The number of benzene rings is 2. The van der Waals surface area contributed by atoms with Gasteiger partial charge in [-0.1, -0.05) is 37.3 Å². The first-order valence-electron chi connectivity index (χ1n) is 12.5. The van der Waals surface area contributed by atoms with E-state index in [1.807, 2.05) is 6.07 Å². The third kappa shape index (κ3) is 5.02. The summed E-state index contributed by atoms with van der Waals surface area (Å²) < 4.78 is 0. The largest absolute Gasteiger partial charge is 0.394 e. The molecule has 4 atom stereocenters. The number of aliphatic hydroxyl groups excluding tert-OH is 2. The molecule has 0 bridgehead atoms. The van der Waals surface area contributed by atoms with Gasteiger partial charge in [-0.15, -0.1) is 0 Å². The first-order chi connectivity index (χ1) is 17.7. The second-order valence-electron chi connectivity index (χ2n) is 9.63. The lowest BCUT2D eigenvalue weighted by Gasteiger charge is -2.28. The number of rotatable bonds is 8. The van der Waals surface area contributed by atoms with Gasteiger partial charge in [0.05, 0.1) is 18.3 Å². The molecule has 4 rings (SSSR count). The summed E-state index contributed by atoms with van der Waals surface area (Å²) in [5.74, 6) is -1.98. The Kier molecular flexibility index (Phi) is 7.77. The maximum absolute atomic E-state index is 13.8. The van der Waals surface area contributed by atoms with E-state index in [1.165, 1.54) is 11.8 Å². The molecular formula is C28H33N3O6. The monoisotopic (exact) mass is 507 g/mol. The number of carbonyl (C=O) groups excluding carboxylic acids is 3. The molecular weight excluding hydrogens is 474 g/mol. The fourth-order valence-corrected chi connectivity index (χ4v) is 5.01. The second-order valence-corrected chi connectivity index (χ2v) is 9.63. The van der Waals surface area contributed by atoms with Gasteiger partial charge in [0.15, 0.2) is 5.60 Å². The van der Waals surface area contributed by atoms with Gasteiger partial charge in [-0.25, -0.2) is 0 Å². The lowest BCUT2D eigenvalue weighted by atomic mass is 9.82. The van der Waals surface area contributed by atoms with E-state index in [9.17, 15) is 29.7 Å². The molecule has 0 aliphatic carbocycles. The van der Waals surface area contributed by atoms with Crippen molar-refractivity contribution >= 4 is 34.8 Å². The molecule has 4 N–H and O–H groups in total. The summed E-state index contributed by atoms with van der Waals surface area (Å²) in [6.07, 6.45) is 3.79. The first kappa shape index (κ1) is 26.5. The molecule has 2 aliphatic heterocycles. The molecule has 196 valence electrons. The molecule has 0 saturated carbocycles. The van der Waals surface area contributed by atoms with Crippen molar-refractivity contribution in [1.29, 1.82) is 0 Å². The minimum absolute atomic E-state index is 0.0693. The van der Waals surface area contributed by atoms with Gasteiger partial charge < -0.3 is 25.5 Å². The zero-order valence-corrected chi connectivity index (χ0v) is 21.0. The van der Waals surface area contributed by atoms with Crippen LogP contribution in [-0.4, -0.2) is 63.2 Å². The Morgan fingerprint density at radius 2 is 1.92 bits per heavy atom. The summed E-state index contributed by atoms with van der Waals surface area (Å²) in [5, 5.41) is 33.6. The van der Waals surface area contributed by atoms with Crippen molar-refractivity contribution in [1.82, 2.24) is 4.90 Å². The molecule has 1 fully saturated rings. The highest BCUT2D eigenvalue weighted by Crippen LogP contribution is 2.49. The maximum atomic E-state index is 13.8. The Morgan fingerprint density at radius 3 is 2.59 bits per heavy atom. The molecule has 0 aromatic heterocycles. The lowest BCUT2D eigenvalue weighted by Crippen LogP contribution is -2.42. The predicted molar refractivity (Wildman–Crippen MR) is 139 cm³/mol. The van der Waals surface area contributed by atoms with Gasteiger partial charge in [-0.2, -0.15) is 0 Å². The molecule has 3 amide bonds. The van der Waals surface area contributed by atoms with Gasteiger partial charge in [0.2, 0.25) is 5.91 Å². The summed E-state index contributed by atoms with van der Waals surface area (Å²) in [6.45, 7) is 3.58. The number of likely N-dealkylation sites (tertiary alicyclic amines) is 1. The molecule has 9 heteroatoms. The highest BCUT2D eigenvalue weighted by molar-refractivity contribution is 6.12. The van der Waals surface area contributed by atoms with Crippen molar-refractivity contribution in [2.75, 3.05) is 23.4 Å². The van der Waals surface area contributed by atoms with Gasteiger partial charge in [0, 0.05) is 35.8 Å². The van der Waals surface area contributed by atoms with Gasteiger partial charge >= 0.3 is 0 Å². The Hall–Kier alpha value is -3.53. The quantitative estimate of drug-likeness (QED) is 0.406. The molecule has 9 nitrogen and oxygen atoms in total. The minimum Gasteiger partial charge on any atom is -0.394 e. The van der Waals surface area contributed by atoms with Crippen LogP contribution >= 0.6 is 0 Å². The molecule has 2 heterocycles. The summed E-state index contributed by atoms with van der Waals surface area (Å²) in [4.78, 5) is 41.6. The van der Waals surface area contributed by atoms with Crippen LogP contribution in [0.5, 0.6) is 0 Å². The summed E-state index contributed by atoms with van der Waals surface area (Å²) >= 11 is 0. The van der Waals surface area contributed by atoms with Crippen LogP contribution in [0.2, 0.25) is 0 Å². The smallest absolute Gasteiger partial charge is 0.268 e. The summed E-state index contributed by atoms with van der Waals surface area (Å²) in [7, 11) is 0. The number of carbonyl (C=O) groups is 3. The predicted octanol–water partition coefficient (Wildman–Crippen LogP) is 2.44. The van der Waals surface area contributed by atoms with Crippen molar-refractivity contribution in [3.8, 4) is 0 Å². The van der Waals surface area contributed by atoms with E-state index in [2.05, 4.69) is 5.32 Å². The molecule has 1 saturated heterocycles. The van der Waals surface area contributed by atoms with E-state index < -0.39 is 29.4 Å². The molecule has 0 unspecified atom stereocenters. The SMILES string of the molecule is C[C@H](O)C(=O)Nc1ccc2c(c1)[C@](O)([C@@H](C)/C=C/CC(=O)N1CCC[C@H]1CO)C(=O)N2c1ccccc1. The van der Waals surface area contributed by atoms with Crippen LogP contribution in [0.1, 0.15) is 38.7 Å². The number of hydrogen-bond donors (Lipinski definition) is 4. The zero-order chi connectivity index (χ0) is 26.7. The minimum atomic E-state index is -1.96. The summed E-state index contributed by atoms with van der Waals surface area (Å²) in [5.41, 5.74) is -0.250.